The number of carbonyl (C=O) groups excluding carboxylic acids is 1. The SMILES string of the molecule is CCCc1cc(=O)[nH]c(NNC(=O)c2c(Cl)ccc3cn[nH]c23)n1. The van der Waals surface area contributed by atoms with Gasteiger partial charge < -0.3 is 0 Å². The number of aryl methyl sites for hydroxylation is 1. The number of hydrogen-bond acceptors (Lipinski definition) is 5. The molecule has 24 heavy (non-hydrogen) atoms. The molecule has 124 valence electrons. The first-order valence-corrected chi connectivity index (χ1v) is 7.74. The van der Waals surface area contributed by atoms with E-state index in [0.717, 1.165) is 11.8 Å². The lowest BCUT2D eigenvalue weighted by Gasteiger charge is -2.10. The lowest BCUT2D eigenvalue weighted by Crippen LogP contribution is -2.32. The maximum absolute atomic E-state index is 12.4. The molecule has 0 unspecified atom stereocenters. The van der Waals surface area contributed by atoms with Gasteiger partial charge in [0.25, 0.3) is 11.5 Å². The Morgan fingerprint density at radius 1 is 1.38 bits per heavy atom. The first-order chi connectivity index (χ1) is 11.6. The number of aromatic amines is 2. The number of carbonyl (C=O) groups is 1. The molecule has 0 fully saturated rings. The van der Waals surface area contributed by atoms with E-state index in [1.807, 2.05) is 6.92 Å². The number of aromatic nitrogens is 4. The van der Waals surface area contributed by atoms with Gasteiger partial charge in [0.05, 0.1) is 22.3 Å². The average molecular weight is 347 g/mol. The van der Waals surface area contributed by atoms with Crippen LogP contribution in [0.2, 0.25) is 5.02 Å². The normalized spacial score (nSPS) is 10.8. The van der Waals surface area contributed by atoms with Crippen LogP contribution in [0, 0.1) is 0 Å². The van der Waals surface area contributed by atoms with Gasteiger partial charge >= 0.3 is 0 Å². The molecule has 1 amide bonds. The zero-order valence-corrected chi connectivity index (χ0v) is 13.6. The van der Waals surface area contributed by atoms with Gasteiger partial charge in [-0.05, 0) is 18.6 Å². The first kappa shape index (κ1) is 16.0. The van der Waals surface area contributed by atoms with Gasteiger partial charge in [0.2, 0.25) is 5.95 Å². The summed E-state index contributed by atoms with van der Waals surface area (Å²) in [6, 6.07) is 4.81. The molecule has 0 saturated carbocycles. The molecule has 3 aromatic rings. The maximum atomic E-state index is 12.4. The van der Waals surface area contributed by atoms with Crippen LogP contribution in [-0.2, 0) is 6.42 Å². The van der Waals surface area contributed by atoms with Crippen molar-refractivity contribution in [3.63, 3.8) is 0 Å². The molecule has 0 atom stereocenters. The van der Waals surface area contributed by atoms with Crippen LogP contribution < -0.4 is 16.4 Å². The van der Waals surface area contributed by atoms with E-state index < -0.39 is 5.91 Å². The highest BCUT2D eigenvalue weighted by Crippen LogP contribution is 2.24. The number of H-pyrrole nitrogens is 2. The lowest BCUT2D eigenvalue weighted by atomic mass is 10.1. The Morgan fingerprint density at radius 2 is 2.21 bits per heavy atom. The topological polar surface area (TPSA) is 116 Å². The van der Waals surface area contributed by atoms with Crippen molar-refractivity contribution >= 4 is 34.4 Å². The van der Waals surface area contributed by atoms with Crippen molar-refractivity contribution in [3.8, 4) is 0 Å². The van der Waals surface area contributed by atoms with Crippen LogP contribution in [0.25, 0.3) is 10.9 Å². The van der Waals surface area contributed by atoms with E-state index in [4.69, 9.17) is 11.6 Å². The minimum Gasteiger partial charge on any atom is -0.291 e. The number of amides is 1. The highest BCUT2D eigenvalue weighted by atomic mass is 35.5. The largest absolute Gasteiger partial charge is 0.291 e. The van der Waals surface area contributed by atoms with E-state index >= 15 is 0 Å². The number of benzene rings is 1. The van der Waals surface area contributed by atoms with Gasteiger partial charge in [-0.15, -0.1) is 0 Å². The fourth-order valence-electron chi connectivity index (χ4n) is 2.34. The van der Waals surface area contributed by atoms with Crippen LogP contribution in [0.1, 0.15) is 29.4 Å². The van der Waals surface area contributed by atoms with Crippen molar-refractivity contribution in [1.82, 2.24) is 25.6 Å². The number of hydrogen-bond donors (Lipinski definition) is 4. The highest BCUT2D eigenvalue weighted by Gasteiger charge is 2.16. The van der Waals surface area contributed by atoms with E-state index in [0.29, 0.717) is 17.6 Å². The van der Waals surface area contributed by atoms with Crippen LogP contribution in [0.5, 0.6) is 0 Å². The van der Waals surface area contributed by atoms with E-state index in [9.17, 15) is 9.59 Å². The van der Waals surface area contributed by atoms with Gasteiger partial charge in [-0.2, -0.15) is 5.10 Å². The second kappa shape index (κ2) is 6.71. The summed E-state index contributed by atoms with van der Waals surface area (Å²) in [5, 5.41) is 7.70. The van der Waals surface area contributed by atoms with Crippen molar-refractivity contribution in [2.45, 2.75) is 19.8 Å². The van der Waals surface area contributed by atoms with Crippen LogP contribution in [-0.4, -0.2) is 26.1 Å². The number of fused-ring (bicyclic) bond motifs is 1. The second-order valence-corrected chi connectivity index (χ2v) is 5.58. The third-order valence-corrected chi connectivity index (χ3v) is 3.70. The zero-order valence-electron chi connectivity index (χ0n) is 12.8. The third-order valence-electron chi connectivity index (χ3n) is 3.39. The summed E-state index contributed by atoms with van der Waals surface area (Å²) in [6.07, 6.45) is 3.13. The number of nitrogens with one attached hydrogen (secondary N) is 4. The average Bonchev–Trinajstić information content (AvgIpc) is 3.01. The van der Waals surface area contributed by atoms with Crippen molar-refractivity contribution in [1.29, 1.82) is 0 Å². The van der Waals surface area contributed by atoms with Gasteiger partial charge in [0.1, 0.15) is 0 Å². The van der Waals surface area contributed by atoms with Gasteiger partial charge in [0, 0.05) is 17.1 Å². The van der Waals surface area contributed by atoms with Gasteiger partial charge in [0.15, 0.2) is 0 Å². The first-order valence-electron chi connectivity index (χ1n) is 7.36. The molecule has 9 heteroatoms. The van der Waals surface area contributed by atoms with Crippen molar-refractivity contribution in [2.75, 3.05) is 5.43 Å². The highest BCUT2D eigenvalue weighted by molar-refractivity contribution is 6.35. The Bertz CT molecular complexity index is 949. The monoisotopic (exact) mass is 346 g/mol. The molecule has 3 rings (SSSR count). The molecule has 0 aliphatic rings. The molecule has 1 aromatic carbocycles. The predicted octanol–water partition coefficient (Wildman–Crippen LogP) is 2.01. The lowest BCUT2D eigenvalue weighted by molar-refractivity contribution is 0.0964. The van der Waals surface area contributed by atoms with Gasteiger partial charge in [-0.1, -0.05) is 24.9 Å². The Kier molecular flexibility index (Phi) is 4.48. The number of hydrazine groups is 1. The summed E-state index contributed by atoms with van der Waals surface area (Å²) in [5.41, 5.74) is 6.23. The number of anilines is 1. The Labute approximate surface area is 141 Å². The summed E-state index contributed by atoms with van der Waals surface area (Å²) in [6.45, 7) is 1.99. The Hall–Kier alpha value is -2.87. The number of nitrogens with zero attached hydrogens (tertiary/aromatic N) is 2. The maximum Gasteiger partial charge on any atom is 0.273 e. The van der Waals surface area contributed by atoms with E-state index in [-0.39, 0.29) is 22.1 Å². The van der Waals surface area contributed by atoms with Crippen LogP contribution in [0.15, 0.2) is 29.2 Å². The third kappa shape index (κ3) is 3.23. The van der Waals surface area contributed by atoms with Crippen LogP contribution >= 0.6 is 11.6 Å². The minimum absolute atomic E-state index is 0.159. The fourth-order valence-corrected chi connectivity index (χ4v) is 2.58. The summed E-state index contributed by atoms with van der Waals surface area (Å²) in [4.78, 5) is 30.8. The van der Waals surface area contributed by atoms with Crippen molar-refractivity contribution in [2.24, 2.45) is 0 Å². The van der Waals surface area contributed by atoms with Gasteiger partial charge in [-0.3, -0.25) is 30.5 Å². The fraction of sp³-hybridized carbons (Fsp3) is 0.200. The number of rotatable bonds is 5. The molecule has 0 aliphatic heterocycles. The van der Waals surface area contributed by atoms with Crippen molar-refractivity contribution < 1.29 is 4.79 Å². The molecule has 0 spiro atoms. The number of halogens is 1. The molecule has 8 nitrogen and oxygen atoms in total. The van der Waals surface area contributed by atoms with Crippen molar-refractivity contribution in [3.05, 3.63) is 51.0 Å². The molecule has 0 bridgehead atoms. The molecule has 0 saturated heterocycles. The van der Waals surface area contributed by atoms with Crippen LogP contribution in [0.4, 0.5) is 5.95 Å². The summed E-state index contributed by atoms with van der Waals surface area (Å²) < 4.78 is 0. The summed E-state index contributed by atoms with van der Waals surface area (Å²) in [7, 11) is 0. The quantitative estimate of drug-likeness (QED) is 0.527. The molecule has 4 N–H and O–H groups in total. The minimum atomic E-state index is -0.474. The Balaban J connectivity index is 1.81. The molecule has 0 aliphatic carbocycles. The molecule has 0 radical (unpaired) electrons. The van der Waals surface area contributed by atoms with E-state index in [1.54, 1.807) is 18.3 Å². The standard InChI is InChI=1S/C15H15ClN6O2/c1-2-3-9-6-11(23)19-15(18-9)22-21-14(24)12-10(16)5-4-8-7-17-20-13(8)12/h4-7H,2-3H2,1H3,(H,17,20)(H,21,24)(H2,18,19,22,23). The molecular weight excluding hydrogens is 332 g/mol. The summed E-state index contributed by atoms with van der Waals surface area (Å²) in [5.74, 6) is -0.314. The zero-order chi connectivity index (χ0) is 17.1. The molecule has 2 aromatic heterocycles. The van der Waals surface area contributed by atoms with Gasteiger partial charge in [-0.25, -0.2) is 4.98 Å². The van der Waals surface area contributed by atoms with E-state index in [2.05, 4.69) is 31.0 Å². The molecular formula is C15H15ClN6O2. The predicted molar refractivity (Wildman–Crippen MR) is 91.0 cm³/mol. The van der Waals surface area contributed by atoms with Crippen LogP contribution in [0.3, 0.4) is 0 Å². The summed E-state index contributed by atoms with van der Waals surface area (Å²) >= 11 is 6.12. The Morgan fingerprint density at radius 3 is 3.00 bits per heavy atom. The smallest absolute Gasteiger partial charge is 0.273 e. The second-order valence-electron chi connectivity index (χ2n) is 5.17. The molecule has 2 heterocycles. The van der Waals surface area contributed by atoms with E-state index in [1.165, 1.54) is 6.07 Å².